The van der Waals surface area contributed by atoms with E-state index in [9.17, 15) is 19.2 Å². The van der Waals surface area contributed by atoms with Crippen LogP contribution >= 0.6 is 0 Å². The Bertz CT molecular complexity index is 1030. The van der Waals surface area contributed by atoms with E-state index in [0.29, 0.717) is 18.6 Å². The average molecular weight is 773 g/mol. The predicted molar refractivity (Wildman–Crippen MR) is 223 cm³/mol. The third-order valence-corrected chi connectivity index (χ3v) is 10.3. The first kappa shape index (κ1) is 50.1. The van der Waals surface area contributed by atoms with Crippen LogP contribution in [0.5, 0.6) is 5.75 Å². The number of para-hydroxylation sites is 1. The van der Waals surface area contributed by atoms with Crippen LogP contribution in [-0.4, -0.2) is 43.2 Å². The van der Waals surface area contributed by atoms with Crippen molar-refractivity contribution in [1.29, 1.82) is 0 Å². The molecule has 1 unspecified atom stereocenters. The van der Waals surface area contributed by atoms with E-state index >= 15 is 0 Å². The predicted octanol–water partition coefficient (Wildman–Crippen LogP) is 13.0. The smallest absolute Gasteiger partial charge is 0.311 e. The number of carbonyl (C=O) groups excluding carboxylic acids is 4. The Labute approximate surface area is 335 Å². The van der Waals surface area contributed by atoms with Gasteiger partial charge in [0.15, 0.2) is 6.10 Å². The highest BCUT2D eigenvalue weighted by Gasteiger charge is 2.24. The number of rotatable bonds is 38. The molecule has 1 aromatic rings. The molecule has 0 aromatic heterocycles. The number of hydrogen-bond acceptors (Lipinski definition) is 8. The fourth-order valence-corrected chi connectivity index (χ4v) is 6.61. The third-order valence-electron chi connectivity index (χ3n) is 10.3. The quantitative estimate of drug-likeness (QED) is 0.0283. The van der Waals surface area contributed by atoms with Crippen molar-refractivity contribution in [2.75, 3.05) is 13.2 Å². The SMILES string of the molecule is CCCCCCCCCCCCCCCC(=O)OCC(COC(=O)CCCCCCCCCCCCCCC)OC(=O)C(C)CCC(=O)Oc1ccccc1. The summed E-state index contributed by atoms with van der Waals surface area (Å²) >= 11 is 0. The molecule has 8 nitrogen and oxygen atoms in total. The molecule has 0 saturated heterocycles. The Morgan fingerprint density at radius 2 is 0.836 bits per heavy atom. The van der Waals surface area contributed by atoms with E-state index in [0.717, 1.165) is 38.5 Å². The second-order valence-corrected chi connectivity index (χ2v) is 15.6. The highest BCUT2D eigenvalue weighted by Crippen LogP contribution is 2.17. The van der Waals surface area contributed by atoms with Gasteiger partial charge in [0.05, 0.1) is 5.92 Å². The van der Waals surface area contributed by atoms with E-state index in [1.54, 1.807) is 31.2 Å². The molecule has 8 heteroatoms. The van der Waals surface area contributed by atoms with E-state index in [1.807, 2.05) is 6.07 Å². The molecule has 55 heavy (non-hydrogen) atoms. The average Bonchev–Trinajstić information content (AvgIpc) is 3.18. The summed E-state index contributed by atoms with van der Waals surface area (Å²) in [6.07, 6.45) is 31.9. The zero-order chi connectivity index (χ0) is 40.0. The summed E-state index contributed by atoms with van der Waals surface area (Å²) in [5.41, 5.74) is 0. The lowest BCUT2D eigenvalue weighted by Crippen LogP contribution is -2.33. The molecule has 316 valence electrons. The van der Waals surface area contributed by atoms with Crippen LogP contribution in [0.3, 0.4) is 0 Å². The maximum atomic E-state index is 13.0. The van der Waals surface area contributed by atoms with Gasteiger partial charge in [0, 0.05) is 19.3 Å². The minimum atomic E-state index is -0.919. The van der Waals surface area contributed by atoms with Crippen molar-refractivity contribution in [3.8, 4) is 5.75 Å². The minimum absolute atomic E-state index is 0.0397. The first-order valence-corrected chi connectivity index (χ1v) is 22.6. The van der Waals surface area contributed by atoms with E-state index in [-0.39, 0.29) is 38.0 Å². The Morgan fingerprint density at radius 1 is 0.473 bits per heavy atom. The van der Waals surface area contributed by atoms with Crippen LogP contribution in [-0.2, 0) is 33.4 Å². The van der Waals surface area contributed by atoms with Crippen LogP contribution < -0.4 is 4.74 Å². The van der Waals surface area contributed by atoms with Crippen LogP contribution in [0, 0.1) is 5.92 Å². The summed E-state index contributed by atoms with van der Waals surface area (Å²) in [6.45, 7) is 5.81. The maximum absolute atomic E-state index is 13.0. The maximum Gasteiger partial charge on any atom is 0.311 e. The number of hydrogen-bond donors (Lipinski definition) is 0. The van der Waals surface area contributed by atoms with Crippen molar-refractivity contribution < 1.29 is 38.1 Å². The highest BCUT2D eigenvalue weighted by atomic mass is 16.6. The topological polar surface area (TPSA) is 105 Å². The largest absolute Gasteiger partial charge is 0.462 e. The third kappa shape index (κ3) is 31.9. The van der Waals surface area contributed by atoms with Gasteiger partial charge in [0.1, 0.15) is 19.0 Å². The molecule has 1 atom stereocenters. The summed E-state index contributed by atoms with van der Waals surface area (Å²) in [4.78, 5) is 50.4. The zero-order valence-electron chi connectivity index (χ0n) is 35.4. The van der Waals surface area contributed by atoms with Crippen LogP contribution in [0.15, 0.2) is 30.3 Å². The van der Waals surface area contributed by atoms with Gasteiger partial charge >= 0.3 is 23.9 Å². The van der Waals surface area contributed by atoms with Gasteiger partial charge in [-0.05, 0) is 31.4 Å². The van der Waals surface area contributed by atoms with Crippen molar-refractivity contribution in [3.63, 3.8) is 0 Å². The first-order valence-electron chi connectivity index (χ1n) is 22.6. The lowest BCUT2D eigenvalue weighted by molar-refractivity contribution is -0.169. The van der Waals surface area contributed by atoms with Gasteiger partial charge in [-0.1, -0.05) is 193 Å². The van der Waals surface area contributed by atoms with Gasteiger partial charge in [0.25, 0.3) is 0 Å². The molecule has 0 N–H and O–H groups in total. The van der Waals surface area contributed by atoms with Crippen LogP contribution in [0.4, 0.5) is 0 Å². The van der Waals surface area contributed by atoms with Gasteiger partial charge in [-0.15, -0.1) is 0 Å². The van der Waals surface area contributed by atoms with Gasteiger partial charge < -0.3 is 18.9 Å². The van der Waals surface area contributed by atoms with Crippen molar-refractivity contribution in [2.24, 2.45) is 5.92 Å². The summed E-state index contributed by atoms with van der Waals surface area (Å²) < 4.78 is 22.0. The summed E-state index contributed by atoms with van der Waals surface area (Å²) in [7, 11) is 0. The molecule has 1 rings (SSSR count). The summed E-state index contributed by atoms with van der Waals surface area (Å²) in [5.74, 6) is -1.83. The second kappa shape index (κ2) is 36.7. The molecular formula is C47H80O8. The fourth-order valence-electron chi connectivity index (χ4n) is 6.61. The molecule has 1 aromatic carbocycles. The molecule has 0 spiro atoms. The summed E-state index contributed by atoms with van der Waals surface area (Å²) in [5, 5.41) is 0. The van der Waals surface area contributed by atoms with E-state index in [4.69, 9.17) is 18.9 Å². The summed E-state index contributed by atoms with van der Waals surface area (Å²) in [6, 6.07) is 8.78. The lowest BCUT2D eigenvalue weighted by atomic mass is 10.0. The van der Waals surface area contributed by atoms with Gasteiger partial charge in [-0.25, -0.2) is 0 Å². The van der Waals surface area contributed by atoms with Crippen molar-refractivity contribution in [2.45, 2.75) is 219 Å². The molecule has 0 aliphatic heterocycles. The van der Waals surface area contributed by atoms with Gasteiger partial charge in [-0.2, -0.15) is 0 Å². The van der Waals surface area contributed by atoms with E-state index in [1.165, 1.54) is 128 Å². The Morgan fingerprint density at radius 3 is 1.22 bits per heavy atom. The van der Waals surface area contributed by atoms with Crippen LogP contribution in [0.25, 0.3) is 0 Å². The van der Waals surface area contributed by atoms with Crippen molar-refractivity contribution >= 4 is 23.9 Å². The first-order chi connectivity index (χ1) is 26.8. The Balaban J connectivity index is 2.37. The molecule has 0 bridgehead atoms. The number of carbonyl (C=O) groups is 4. The molecular weight excluding hydrogens is 693 g/mol. The van der Waals surface area contributed by atoms with Gasteiger partial charge in [-0.3, -0.25) is 19.2 Å². The Hall–Kier alpha value is -2.90. The van der Waals surface area contributed by atoms with Crippen LogP contribution in [0.2, 0.25) is 0 Å². The minimum Gasteiger partial charge on any atom is -0.462 e. The number of benzene rings is 1. The number of unbranched alkanes of at least 4 members (excludes halogenated alkanes) is 24. The second-order valence-electron chi connectivity index (χ2n) is 15.6. The van der Waals surface area contributed by atoms with Crippen molar-refractivity contribution in [1.82, 2.24) is 0 Å². The molecule has 0 radical (unpaired) electrons. The lowest BCUT2D eigenvalue weighted by Gasteiger charge is -2.20. The molecule has 0 amide bonds. The van der Waals surface area contributed by atoms with E-state index < -0.39 is 24.0 Å². The molecule has 0 fully saturated rings. The normalized spacial score (nSPS) is 11.7. The highest BCUT2D eigenvalue weighted by molar-refractivity contribution is 5.75. The zero-order valence-corrected chi connectivity index (χ0v) is 35.4. The van der Waals surface area contributed by atoms with E-state index in [2.05, 4.69) is 13.8 Å². The van der Waals surface area contributed by atoms with Crippen LogP contribution in [0.1, 0.15) is 213 Å². The molecule has 0 aliphatic rings. The Kier molecular flexibility index (Phi) is 33.5. The van der Waals surface area contributed by atoms with Crippen molar-refractivity contribution in [3.05, 3.63) is 30.3 Å². The monoisotopic (exact) mass is 773 g/mol. The fraction of sp³-hybridized carbons (Fsp3) is 0.787. The van der Waals surface area contributed by atoms with Gasteiger partial charge in [0.2, 0.25) is 0 Å². The molecule has 0 saturated carbocycles. The number of ether oxygens (including phenoxy) is 4. The molecule has 0 heterocycles. The molecule has 0 aliphatic carbocycles. The number of esters is 4. The standard InChI is InChI=1S/C47H80O8/c1-4-6-8-10-12-14-16-18-20-22-24-26-31-35-44(48)52-39-43(55-47(51)41(3)37-38-46(50)54-42-33-29-28-30-34-42)40-53-45(49)36-32-27-25-23-21-19-17-15-13-11-9-7-5-2/h28-30,33-34,41,43H,4-27,31-32,35-40H2,1-3H3.